The Bertz CT molecular complexity index is 1060. The van der Waals surface area contributed by atoms with Crippen LogP contribution in [-0.2, 0) is 6.54 Å². The maximum absolute atomic E-state index is 13.1. The van der Waals surface area contributed by atoms with Crippen LogP contribution in [-0.4, -0.2) is 76.3 Å². The average Bonchev–Trinajstić information content (AvgIpc) is 3.16. The van der Waals surface area contributed by atoms with Crippen molar-refractivity contribution in [2.24, 2.45) is 0 Å². The minimum atomic E-state index is -0.430. The van der Waals surface area contributed by atoms with E-state index in [9.17, 15) is 9.50 Å². The number of nitrogens with zero attached hydrogens (tertiary/aromatic N) is 5. The van der Waals surface area contributed by atoms with Crippen molar-refractivity contribution in [2.45, 2.75) is 18.7 Å². The number of anilines is 1. The van der Waals surface area contributed by atoms with Crippen molar-refractivity contribution in [1.82, 2.24) is 19.8 Å². The summed E-state index contributed by atoms with van der Waals surface area (Å²) in [6.45, 7) is 5.75. The van der Waals surface area contributed by atoms with E-state index < -0.39 is 6.10 Å². The van der Waals surface area contributed by atoms with Crippen LogP contribution in [0, 0.1) is 5.82 Å². The minimum absolute atomic E-state index is 0.0743. The van der Waals surface area contributed by atoms with E-state index in [1.165, 1.54) is 12.1 Å². The summed E-state index contributed by atoms with van der Waals surface area (Å²) in [5.41, 5.74) is 1.93. The van der Waals surface area contributed by atoms with Crippen LogP contribution in [0.15, 0.2) is 48.8 Å². The van der Waals surface area contributed by atoms with Gasteiger partial charge >= 0.3 is 0 Å². The number of aliphatic hydroxyl groups is 1. The third-order valence-corrected chi connectivity index (χ3v) is 6.57. The van der Waals surface area contributed by atoms with Crippen molar-refractivity contribution in [1.29, 1.82) is 0 Å². The average molecular weight is 442 g/mol. The Morgan fingerprint density at radius 3 is 2.55 bits per heavy atom. The van der Waals surface area contributed by atoms with E-state index in [2.05, 4.69) is 24.7 Å². The van der Waals surface area contributed by atoms with Crippen LogP contribution in [0.3, 0.4) is 0 Å². The molecule has 1 N–H and O–H groups in total. The predicted octanol–water partition coefficient (Wildman–Crippen LogP) is 2.79. The number of halogens is 2. The smallest absolute Gasteiger partial charge is 0.140 e. The molecule has 0 aliphatic carbocycles. The van der Waals surface area contributed by atoms with Crippen LogP contribution in [0.4, 0.5) is 10.2 Å². The zero-order valence-electron chi connectivity index (χ0n) is 17.2. The normalized spacial score (nSPS) is 23.0. The molecule has 0 bridgehead atoms. The molecular weight excluding hydrogens is 417 g/mol. The van der Waals surface area contributed by atoms with Crippen molar-refractivity contribution >= 4 is 28.3 Å². The van der Waals surface area contributed by atoms with Gasteiger partial charge in [0.1, 0.15) is 18.0 Å². The van der Waals surface area contributed by atoms with E-state index >= 15 is 0 Å². The van der Waals surface area contributed by atoms with Gasteiger partial charge in [-0.2, -0.15) is 0 Å². The highest BCUT2D eigenvalue weighted by Gasteiger charge is 2.37. The quantitative estimate of drug-likeness (QED) is 0.672. The molecule has 0 unspecified atom stereocenters. The van der Waals surface area contributed by atoms with Crippen molar-refractivity contribution < 1.29 is 9.50 Å². The number of piperazine rings is 1. The van der Waals surface area contributed by atoms with E-state index in [0.29, 0.717) is 11.6 Å². The van der Waals surface area contributed by atoms with Gasteiger partial charge in [-0.1, -0.05) is 23.7 Å². The number of hydrogen-bond donors (Lipinski definition) is 1. The fourth-order valence-electron chi connectivity index (χ4n) is 4.67. The third-order valence-electron chi connectivity index (χ3n) is 6.33. The van der Waals surface area contributed by atoms with Gasteiger partial charge in [-0.25, -0.2) is 14.4 Å². The van der Waals surface area contributed by atoms with Crippen molar-refractivity contribution in [3.8, 4) is 0 Å². The molecule has 6 nitrogen and oxygen atoms in total. The number of rotatable bonds is 4. The van der Waals surface area contributed by atoms with E-state index in [4.69, 9.17) is 11.6 Å². The molecule has 5 rings (SSSR count). The first-order valence-corrected chi connectivity index (χ1v) is 11.0. The lowest BCUT2D eigenvalue weighted by Crippen LogP contribution is -2.53. The van der Waals surface area contributed by atoms with E-state index in [1.807, 2.05) is 30.3 Å². The molecular formula is C23H25ClFN5O. The van der Waals surface area contributed by atoms with Gasteiger partial charge < -0.3 is 10.0 Å². The number of β-amino-alcohol motifs (C(OH)–C–C–N with tert-alkyl or cyclic N) is 1. The molecule has 2 aliphatic rings. The molecule has 8 heteroatoms. The maximum atomic E-state index is 13.1. The van der Waals surface area contributed by atoms with Crippen molar-refractivity contribution in [3.63, 3.8) is 0 Å². The molecule has 2 saturated heterocycles. The van der Waals surface area contributed by atoms with E-state index in [0.717, 1.165) is 61.6 Å². The number of aromatic nitrogens is 2. The summed E-state index contributed by atoms with van der Waals surface area (Å²) in [7, 11) is 0. The van der Waals surface area contributed by atoms with Crippen LogP contribution in [0.25, 0.3) is 10.9 Å². The first-order valence-electron chi connectivity index (χ1n) is 10.6. The number of hydrogen-bond acceptors (Lipinski definition) is 6. The zero-order chi connectivity index (χ0) is 21.4. The Labute approximate surface area is 185 Å². The molecule has 31 heavy (non-hydrogen) atoms. The van der Waals surface area contributed by atoms with Crippen LogP contribution in [0.1, 0.15) is 5.56 Å². The lowest BCUT2D eigenvalue weighted by Gasteiger charge is -2.38. The predicted molar refractivity (Wildman–Crippen MR) is 120 cm³/mol. The SMILES string of the molecule is O[C@@H]1CN(c2ncnc3cc(Cl)ccc23)C[C@H]1N1CCN(Cc2ccc(F)cc2)CC1. The Balaban J connectivity index is 1.23. The standard InChI is InChI=1S/C23H25ClFN5O/c24-17-3-6-19-20(11-17)26-15-27-23(19)30-13-21(22(31)14-30)29-9-7-28(8-10-29)12-16-1-4-18(25)5-2-16/h1-6,11,15,21-22,31H,7-10,12-14H2/t21-,22-/m1/s1. The molecule has 162 valence electrons. The van der Waals surface area contributed by atoms with E-state index in [-0.39, 0.29) is 11.9 Å². The summed E-state index contributed by atoms with van der Waals surface area (Å²) < 4.78 is 13.1. The van der Waals surface area contributed by atoms with Crippen molar-refractivity contribution in [2.75, 3.05) is 44.2 Å². The van der Waals surface area contributed by atoms with Gasteiger partial charge in [0.25, 0.3) is 0 Å². The van der Waals surface area contributed by atoms with Gasteiger partial charge in [-0.05, 0) is 35.9 Å². The highest BCUT2D eigenvalue weighted by Crippen LogP contribution is 2.29. The molecule has 2 aliphatic heterocycles. The zero-order valence-corrected chi connectivity index (χ0v) is 17.9. The maximum Gasteiger partial charge on any atom is 0.140 e. The first kappa shape index (κ1) is 20.6. The van der Waals surface area contributed by atoms with E-state index in [1.54, 1.807) is 6.33 Å². The second kappa shape index (κ2) is 8.67. The van der Waals surface area contributed by atoms with Crippen LogP contribution < -0.4 is 4.90 Å². The highest BCUT2D eigenvalue weighted by molar-refractivity contribution is 6.31. The third kappa shape index (κ3) is 4.36. The summed E-state index contributed by atoms with van der Waals surface area (Å²) in [5, 5.41) is 12.4. The van der Waals surface area contributed by atoms with Crippen molar-refractivity contribution in [3.05, 3.63) is 65.2 Å². The lowest BCUT2D eigenvalue weighted by molar-refractivity contribution is 0.0424. The molecule has 0 radical (unpaired) electrons. The van der Waals surface area contributed by atoms with Crippen LogP contribution in [0.2, 0.25) is 5.02 Å². The van der Waals surface area contributed by atoms with Gasteiger partial charge in [-0.15, -0.1) is 0 Å². The summed E-state index contributed by atoms with van der Waals surface area (Å²) in [6, 6.07) is 12.4. The Morgan fingerprint density at radius 1 is 1.00 bits per heavy atom. The molecule has 3 heterocycles. The summed E-state index contributed by atoms with van der Waals surface area (Å²) in [6.07, 6.45) is 1.13. The molecule has 0 amide bonds. The molecule has 0 saturated carbocycles. The molecule has 0 spiro atoms. The second-order valence-corrected chi connectivity index (χ2v) is 8.77. The largest absolute Gasteiger partial charge is 0.390 e. The second-order valence-electron chi connectivity index (χ2n) is 8.34. The van der Waals surface area contributed by atoms with Crippen LogP contribution in [0.5, 0.6) is 0 Å². The summed E-state index contributed by atoms with van der Waals surface area (Å²) >= 11 is 6.11. The van der Waals surface area contributed by atoms with Gasteiger partial charge in [0, 0.05) is 56.2 Å². The monoisotopic (exact) mass is 441 g/mol. The van der Waals surface area contributed by atoms with Crippen LogP contribution >= 0.6 is 11.6 Å². The molecule has 2 fully saturated rings. The number of fused-ring (bicyclic) bond motifs is 1. The fourth-order valence-corrected chi connectivity index (χ4v) is 4.84. The Kier molecular flexibility index (Phi) is 5.75. The van der Waals surface area contributed by atoms with Gasteiger partial charge in [0.05, 0.1) is 17.7 Å². The summed E-state index contributed by atoms with van der Waals surface area (Å²) in [5.74, 6) is 0.645. The molecule has 2 atom stereocenters. The molecule has 2 aromatic carbocycles. The van der Waals surface area contributed by atoms with Gasteiger partial charge in [0.15, 0.2) is 0 Å². The fraction of sp³-hybridized carbons (Fsp3) is 0.391. The summed E-state index contributed by atoms with van der Waals surface area (Å²) in [4.78, 5) is 15.7. The number of aliphatic hydroxyl groups excluding tert-OH is 1. The van der Waals surface area contributed by atoms with Gasteiger partial charge in [-0.3, -0.25) is 9.80 Å². The first-order chi connectivity index (χ1) is 15.1. The van der Waals surface area contributed by atoms with Gasteiger partial charge in [0.2, 0.25) is 0 Å². The molecule has 3 aromatic rings. The Hall–Kier alpha value is -2.32. The molecule has 1 aromatic heterocycles. The topological polar surface area (TPSA) is 55.7 Å². The number of benzene rings is 2. The lowest BCUT2D eigenvalue weighted by atomic mass is 10.1. The minimum Gasteiger partial charge on any atom is -0.390 e. The highest BCUT2D eigenvalue weighted by atomic mass is 35.5. The Morgan fingerprint density at radius 2 is 1.77 bits per heavy atom.